The maximum Gasteiger partial charge on any atom is 0.253 e. The average molecular weight is 383 g/mol. The van der Waals surface area contributed by atoms with Crippen molar-refractivity contribution in [2.24, 2.45) is 0 Å². The molecule has 0 spiro atoms. The van der Waals surface area contributed by atoms with Crippen molar-refractivity contribution < 1.29 is 19.8 Å². The molecule has 0 saturated heterocycles. The Morgan fingerprint density at radius 1 is 1.25 bits per heavy atom. The van der Waals surface area contributed by atoms with Crippen LogP contribution in [0, 0.1) is 0 Å². The van der Waals surface area contributed by atoms with E-state index in [-0.39, 0.29) is 25.2 Å². The van der Waals surface area contributed by atoms with Crippen LogP contribution in [0.25, 0.3) is 11.3 Å². The van der Waals surface area contributed by atoms with Crippen molar-refractivity contribution in [2.45, 2.75) is 38.8 Å². The zero-order valence-corrected chi connectivity index (χ0v) is 16.1. The van der Waals surface area contributed by atoms with Gasteiger partial charge in [-0.25, -0.2) is 0 Å². The molecule has 28 heavy (non-hydrogen) atoms. The maximum absolute atomic E-state index is 12.1. The van der Waals surface area contributed by atoms with E-state index in [1.807, 2.05) is 23.1 Å². The van der Waals surface area contributed by atoms with Crippen LogP contribution >= 0.6 is 0 Å². The molecule has 0 unspecified atom stereocenters. The zero-order valence-electron chi connectivity index (χ0n) is 16.1. The molecule has 7 heteroatoms. The molecule has 0 fully saturated rings. The standard InChI is InChI=1S/C21H25N3O4/c1-13-3-4-16-9-15(6-8-20(16)24(13)14(2)27)19-7-5-17(10-22-19)21(28)23-18(11-25)12-26/h5-10,13,18,25-26H,3-4,11-12H2,1-2H3,(H,23,28)/t13-/m0/s1. The Bertz CT molecular complexity index is 862. The van der Waals surface area contributed by atoms with Gasteiger partial charge < -0.3 is 20.4 Å². The fraction of sp³-hybridized carbons (Fsp3) is 0.381. The maximum atomic E-state index is 12.1. The third-order valence-electron chi connectivity index (χ3n) is 5.05. The molecule has 1 aliphatic rings. The molecule has 2 aromatic rings. The normalized spacial score (nSPS) is 16.0. The Labute approximate surface area is 164 Å². The summed E-state index contributed by atoms with van der Waals surface area (Å²) in [5, 5.41) is 20.7. The Hall–Kier alpha value is -2.77. The second kappa shape index (κ2) is 8.50. The van der Waals surface area contributed by atoms with E-state index in [2.05, 4.69) is 17.2 Å². The summed E-state index contributed by atoms with van der Waals surface area (Å²) in [4.78, 5) is 30.3. The molecule has 148 valence electrons. The van der Waals surface area contributed by atoms with Gasteiger partial charge in [-0.15, -0.1) is 0 Å². The summed E-state index contributed by atoms with van der Waals surface area (Å²) in [6, 6.07) is 8.85. The third kappa shape index (κ3) is 4.05. The first-order valence-electron chi connectivity index (χ1n) is 9.36. The van der Waals surface area contributed by atoms with E-state index in [0.717, 1.165) is 35.3 Å². The Morgan fingerprint density at radius 3 is 2.61 bits per heavy atom. The highest BCUT2D eigenvalue weighted by molar-refractivity contribution is 5.95. The topological polar surface area (TPSA) is 103 Å². The summed E-state index contributed by atoms with van der Waals surface area (Å²) in [5.74, 6) is -0.359. The van der Waals surface area contributed by atoms with E-state index in [9.17, 15) is 9.59 Å². The molecule has 3 rings (SSSR count). The van der Waals surface area contributed by atoms with Crippen molar-refractivity contribution in [3.8, 4) is 11.3 Å². The highest BCUT2D eigenvalue weighted by atomic mass is 16.3. The number of aryl methyl sites for hydroxylation is 1. The zero-order chi connectivity index (χ0) is 20.3. The van der Waals surface area contributed by atoms with Gasteiger partial charge in [0.1, 0.15) is 0 Å². The monoisotopic (exact) mass is 383 g/mol. The molecular weight excluding hydrogens is 358 g/mol. The highest BCUT2D eigenvalue weighted by Crippen LogP contribution is 2.33. The first-order chi connectivity index (χ1) is 13.4. The number of hydrogen-bond donors (Lipinski definition) is 3. The number of benzene rings is 1. The number of carbonyl (C=O) groups is 2. The average Bonchev–Trinajstić information content (AvgIpc) is 2.71. The van der Waals surface area contributed by atoms with Crippen LogP contribution in [0.4, 0.5) is 5.69 Å². The van der Waals surface area contributed by atoms with Gasteiger partial charge in [0.05, 0.1) is 30.5 Å². The molecule has 0 aliphatic carbocycles. The molecule has 7 nitrogen and oxygen atoms in total. The molecular formula is C21H25N3O4. The molecule has 1 atom stereocenters. The summed E-state index contributed by atoms with van der Waals surface area (Å²) < 4.78 is 0. The van der Waals surface area contributed by atoms with Gasteiger partial charge in [-0.05, 0) is 49.6 Å². The van der Waals surface area contributed by atoms with E-state index in [1.165, 1.54) is 6.20 Å². The lowest BCUT2D eigenvalue weighted by molar-refractivity contribution is -0.117. The van der Waals surface area contributed by atoms with E-state index in [1.54, 1.807) is 19.1 Å². The summed E-state index contributed by atoms with van der Waals surface area (Å²) in [6.45, 7) is 2.97. The molecule has 2 amide bonds. The van der Waals surface area contributed by atoms with Crippen molar-refractivity contribution in [2.75, 3.05) is 18.1 Å². The van der Waals surface area contributed by atoms with Gasteiger partial charge in [-0.3, -0.25) is 14.6 Å². The minimum absolute atomic E-state index is 0.0405. The van der Waals surface area contributed by atoms with Crippen LogP contribution in [0.5, 0.6) is 0 Å². The van der Waals surface area contributed by atoms with E-state index in [0.29, 0.717) is 5.56 Å². The number of aliphatic hydroxyl groups excluding tert-OH is 2. The Balaban J connectivity index is 1.81. The lowest BCUT2D eigenvalue weighted by Crippen LogP contribution is -2.40. The molecule has 0 bridgehead atoms. The van der Waals surface area contributed by atoms with Gasteiger partial charge in [0.25, 0.3) is 5.91 Å². The minimum atomic E-state index is -0.695. The number of amides is 2. The van der Waals surface area contributed by atoms with Crippen LogP contribution in [0.15, 0.2) is 36.5 Å². The van der Waals surface area contributed by atoms with Crippen LogP contribution in [0.1, 0.15) is 36.2 Å². The first kappa shape index (κ1) is 20.0. The van der Waals surface area contributed by atoms with Crippen molar-refractivity contribution >= 4 is 17.5 Å². The number of nitrogens with zero attached hydrogens (tertiary/aromatic N) is 2. The van der Waals surface area contributed by atoms with Crippen molar-refractivity contribution in [1.82, 2.24) is 10.3 Å². The number of aliphatic hydroxyl groups is 2. The van der Waals surface area contributed by atoms with Gasteiger partial charge in [0, 0.05) is 30.4 Å². The summed E-state index contributed by atoms with van der Waals surface area (Å²) >= 11 is 0. The van der Waals surface area contributed by atoms with Gasteiger partial charge in [-0.2, -0.15) is 0 Å². The first-order valence-corrected chi connectivity index (χ1v) is 9.36. The van der Waals surface area contributed by atoms with Gasteiger partial charge in [0.2, 0.25) is 5.91 Å². The quantitative estimate of drug-likeness (QED) is 0.726. The summed E-state index contributed by atoms with van der Waals surface area (Å²) in [7, 11) is 0. The van der Waals surface area contributed by atoms with Gasteiger partial charge >= 0.3 is 0 Å². The smallest absolute Gasteiger partial charge is 0.253 e. The molecule has 0 radical (unpaired) electrons. The molecule has 2 heterocycles. The predicted octanol–water partition coefficient (Wildman–Crippen LogP) is 1.52. The fourth-order valence-electron chi connectivity index (χ4n) is 3.51. The lowest BCUT2D eigenvalue weighted by atomic mass is 9.94. The number of aromatic nitrogens is 1. The highest BCUT2D eigenvalue weighted by Gasteiger charge is 2.26. The second-order valence-electron chi connectivity index (χ2n) is 7.09. The number of nitrogens with one attached hydrogen (secondary N) is 1. The van der Waals surface area contributed by atoms with Gasteiger partial charge in [0.15, 0.2) is 0 Å². The number of anilines is 1. The second-order valence-corrected chi connectivity index (χ2v) is 7.09. The number of pyridine rings is 1. The van der Waals surface area contributed by atoms with Crippen LogP contribution in [0.3, 0.4) is 0 Å². The lowest BCUT2D eigenvalue weighted by Gasteiger charge is -2.34. The number of hydrogen-bond acceptors (Lipinski definition) is 5. The van der Waals surface area contributed by atoms with Crippen LogP contribution < -0.4 is 10.2 Å². The summed E-state index contributed by atoms with van der Waals surface area (Å²) in [6.07, 6.45) is 3.29. The molecule has 0 saturated carbocycles. The Morgan fingerprint density at radius 2 is 2.00 bits per heavy atom. The molecule has 1 aliphatic heterocycles. The number of carbonyl (C=O) groups excluding carboxylic acids is 2. The van der Waals surface area contributed by atoms with E-state index >= 15 is 0 Å². The number of rotatable bonds is 5. The molecule has 3 N–H and O–H groups in total. The van der Waals surface area contributed by atoms with Crippen molar-refractivity contribution in [3.05, 3.63) is 47.7 Å². The van der Waals surface area contributed by atoms with Crippen LogP contribution in [-0.2, 0) is 11.2 Å². The van der Waals surface area contributed by atoms with Crippen molar-refractivity contribution in [1.29, 1.82) is 0 Å². The van der Waals surface area contributed by atoms with E-state index < -0.39 is 11.9 Å². The Kier molecular flexibility index (Phi) is 6.06. The fourth-order valence-corrected chi connectivity index (χ4v) is 3.51. The number of fused-ring (bicyclic) bond motifs is 1. The molecule has 1 aromatic heterocycles. The summed E-state index contributed by atoms with van der Waals surface area (Å²) in [5.41, 5.74) is 4.07. The minimum Gasteiger partial charge on any atom is -0.394 e. The van der Waals surface area contributed by atoms with Crippen molar-refractivity contribution in [3.63, 3.8) is 0 Å². The SMILES string of the molecule is CC(=O)N1c2ccc(-c3ccc(C(=O)NC(CO)CO)cn3)cc2CC[C@@H]1C. The molecule has 1 aromatic carbocycles. The largest absolute Gasteiger partial charge is 0.394 e. The van der Waals surface area contributed by atoms with Crippen LogP contribution in [-0.4, -0.2) is 52.3 Å². The predicted molar refractivity (Wildman–Crippen MR) is 106 cm³/mol. The van der Waals surface area contributed by atoms with Gasteiger partial charge in [-0.1, -0.05) is 6.07 Å². The third-order valence-corrected chi connectivity index (χ3v) is 5.05. The van der Waals surface area contributed by atoms with Crippen LogP contribution in [0.2, 0.25) is 0 Å². The van der Waals surface area contributed by atoms with E-state index in [4.69, 9.17) is 10.2 Å².